The van der Waals surface area contributed by atoms with Crippen LogP contribution < -0.4 is 14.8 Å². The number of carbonyl (C=O) groups excluding carboxylic acids is 2. The van der Waals surface area contributed by atoms with Crippen molar-refractivity contribution in [3.8, 4) is 28.4 Å². The summed E-state index contributed by atoms with van der Waals surface area (Å²) in [6.45, 7) is 3.94. The Morgan fingerprint density at radius 3 is 2.46 bits per heavy atom. The van der Waals surface area contributed by atoms with Crippen molar-refractivity contribution in [2.24, 2.45) is 5.92 Å². The molecule has 204 valence electrons. The van der Waals surface area contributed by atoms with Gasteiger partial charge in [0.05, 0.1) is 38.4 Å². The van der Waals surface area contributed by atoms with Crippen molar-refractivity contribution in [2.75, 3.05) is 26.1 Å². The molecular formula is C29H31ClN4O5. The molecule has 0 aliphatic carbocycles. The van der Waals surface area contributed by atoms with E-state index in [2.05, 4.69) is 5.32 Å². The first-order chi connectivity index (χ1) is 18.8. The van der Waals surface area contributed by atoms with E-state index in [0.717, 1.165) is 5.56 Å². The fourth-order valence-electron chi connectivity index (χ4n) is 4.04. The van der Waals surface area contributed by atoms with Gasteiger partial charge in [-0.25, -0.2) is 4.98 Å². The maximum atomic E-state index is 13.3. The molecule has 0 bridgehead atoms. The van der Waals surface area contributed by atoms with Crippen LogP contribution in [0.3, 0.4) is 0 Å². The summed E-state index contributed by atoms with van der Waals surface area (Å²) >= 11 is 6.07. The van der Waals surface area contributed by atoms with E-state index in [-0.39, 0.29) is 30.9 Å². The molecule has 2 amide bonds. The highest BCUT2D eigenvalue weighted by Crippen LogP contribution is 2.32. The summed E-state index contributed by atoms with van der Waals surface area (Å²) in [5.41, 5.74) is 2.14. The molecule has 0 aliphatic rings. The van der Waals surface area contributed by atoms with Gasteiger partial charge < -0.3 is 18.8 Å². The zero-order valence-electron chi connectivity index (χ0n) is 22.3. The summed E-state index contributed by atoms with van der Waals surface area (Å²) in [4.78, 5) is 32.4. The summed E-state index contributed by atoms with van der Waals surface area (Å²) in [6, 6.07) is 16.2. The number of anilines is 1. The number of halogens is 1. The molecule has 0 saturated carbocycles. The molecule has 2 aromatic heterocycles. The second-order valence-electron chi connectivity index (χ2n) is 9.34. The normalized spacial score (nSPS) is 10.9. The van der Waals surface area contributed by atoms with Gasteiger partial charge in [0.15, 0.2) is 11.5 Å². The van der Waals surface area contributed by atoms with Gasteiger partial charge in [0.25, 0.3) is 0 Å². The monoisotopic (exact) mass is 550 g/mol. The Morgan fingerprint density at radius 1 is 1.08 bits per heavy atom. The Labute approximate surface area is 232 Å². The predicted octanol–water partition coefficient (Wildman–Crippen LogP) is 5.82. The van der Waals surface area contributed by atoms with Crippen molar-refractivity contribution >= 4 is 29.4 Å². The summed E-state index contributed by atoms with van der Waals surface area (Å²) in [5, 5.41) is 3.49. The first-order valence-corrected chi connectivity index (χ1v) is 12.8. The number of nitrogens with zero attached hydrogens (tertiary/aromatic N) is 3. The van der Waals surface area contributed by atoms with E-state index in [1.807, 2.05) is 38.2 Å². The number of carbonyl (C=O) groups is 2. The van der Waals surface area contributed by atoms with Crippen LogP contribution in [0.15, 0.2) is 71.5 Å². The average molecular weight is 551 g/mol. The Balaban J connectivity index is 1.65. The van der Waals surface area contributed by atoms with Crippen LogP contribution in [0.1, 0.15) is 26.0 Å². The lowest BCUT2D eigenvalue weighted by molar-refractivity contribution is -0.136. The highest BCUT2D eigenvalue weighted by atomic mass is 35.5. The highest BCUT2D eigenvalue weighted by Gasteiger charge is 2.22. The predicted molar refractivity (Wildman–Crippen MR) is 149 cm³/mol. The number of hydrogen-bond donors (Lipinski definition) is 1. The number of amides is 2. The molecule has 10 heteroatoms. The molecule has 2 heterocycles. The molecule has 0 atom stereocenters. The standard InChI is InChI=1S/C29H31ClN4O5/c1-19(2)14-28(36)33(16-23-6-5-13-39-23)18-27(35)32-29-31-24(20-7-9-21(30)10-8-20)17-34(29)22-11-12-25(37-3)26(15-22)38-4/h5-13,15,17,19H,14,16,18H2,1-4H3,(H,31,32,35). The number of methoxy groups -OCH3 is 2. The molecule has 0 radical (unpaired) electrons. The van der Waals surface area contributed by atoms with Crippen LogP contribution in [0.5, 0.6) is 11.5 Å². The van der Waals surface area contributed by atoms with Crippen LogP contribution in [0.2, 0.25) is 5.02 Å². The summed E-state index contributed by atoms with van der Waals surface area (Å²) in [5.74, 6) is 1.59. The quantitative estimate of drug-likeness (QED) is 0.253. The molecule has 0 spiro atoms. The Kier molecular flexibility index (Phi) is 8.93. The SMILES string of the molecule is COc1ccc(-n2cc(-c3ccc(Cl)cc3)nc2NC(=O)CN(Cc2ccco2)C(=O)CC(C)C)cc1OC. The first kappa shape index (κ1) is 27.8. The van der Waals surface area contributed by atoms with Crippen LogP contribution >= 0.6 is 11.6 Å². The van der Waals surface area contributed by atoms with Crippen LogP contribution in [0.4, 0.5) is 5.95 Å². The minimum Gasteiger partial charge on any atom is -0.493 e. The zero-order valence-corrected chi connectivity index (χ0v) is 23.1. The maximum absolute atomic E-state index is 13.3. The fourth-order valence-corrected chi connectivity index (χ4v) is 4.16. The molecule has 4 aromatic rings. The van der Waals surface area contributed by atoms with Gasteiger partial charge in [-0.1, -0.05) is 37.6 Å². The van der Waals surface area contributed by atoms with Crippen molar-refractivity contribution in [1.29, 1.82) is 0 Å². The first-order valence-electron chi connectivity index (χ1n) is 12.4. The van der Waals surface area contributed by atoms with Crippen molar-refractivity contribution in [2.45, 2.75) is 26.8 Å². The van der Waals surface area contributed by atoms with Crippen molar-refractivity contribution in [3.05, 3.63) is 77.8 Å². The van der Waals surface area contributed by atoms with Crippen LogP contribution in [0.25, 0.3) is 16.9 Å². The molecule has 39 heavy (non-hydrogen) atoms. The molecular weight excluding hydrogens is 520 g/mol. The Morgan fingerprint density at radius 2 is 1.82 bits per heavy atom. The van der Waals surface area contributed by atoms with Crippen molar-refractivity contribution in [3.63, 3.8) is 0 Å². The topological polar surface area (TPSA) is 98.8 Å². The fraction of sp³-hybridized carbons (Fsp3) is 0.276. The number of ether oxygens (including phenoxy) is 2. The molecule has 2 aromatic carbocycles. The molecule has 9 nitrogen and oxygen atoms in total. The van der Waals surface area contributed by atoms with E-state index >= 15 is 0 Å². The Bertz CT molecular complexity index is 1410. The van der Waals surface area contributed by atoms with Gasteiger partial charge in [-0.2, -0.15) is 0 Å². The number of aromatic nitrogens is 2. The minimum atomic E-state index is -0.395. The average Bonchev–Trinajstić information content (AvgIpc) is 3.58. The van der Waals surface area contributed by atoms with Crippen LogP contribution in [0, 0.1) is 5.92 Å². The molecule has 1 N–H and O–H groups in total. The second kappa shape index (κ2) is 12.5. The van der Waals surface area contributed by atoms with Gasteiger partial charge in [0.2, 0.25) is 17.8 Å². The van der Waals surface area contributed by atoms with E-state index in [9.17, 15) is 9.59 Å². The van der Waals surface area contributed by atoms with Gasteiger partial charge in [-0.05, 0) is 42.3 Å². The third-order valence-electron chi connectivity index (χ3n) is 5.94. The van der Waals surface area contributed by atoms with E-state index in [0.29, 0.717) is 40.1 Å². The maximum Gasteiger partial charge on any atom is 0.246 e. The lowest BCUT2D eigenvalue weighted by Crippen LogP contribution is -2.38. The Hall–Kier alpha value is -4.24. The van der Waals surface area contributed by atoms with Gasteiger partial charge in [-0.15, -0.1) is 0 Å². The van der Waals surface area contributed by atoms with Crippen molar-refractivity contribution < 1.29 is 23.5 Å². The lowest BCUT2D eigenvalue weighted by atomic mass is 10.1. The van der Waals surface area contributed by atoms with Gasteiger partial charge in [0, 0.05) is 29.3 Å². The number of hydrogen-bond acceptors (Lipinski definition) is 6. The number of benzene rings is 2. The number of imidazole rings is 1. The smallest absolute Gasteiger partial charge is 0.246 e. The second-order valence-corrected chi connectivity index (χ2v) is 9.78. The molecule has 0 saturated heterocycles. The number of nitrogens with one attached hydrogen (secondary N) is 1. The van der Waals surface area contributed by atoms with E-state index < -0.39 is 5.91 Å². The van der Waals surface area contributed by atoms with Crippen LogP contribution in [-0.4, -0.2) is 47.0 Å². The largest absolute Gasteiger partial charge is 0.493 e. The van der Waals surface area contributed by atoms with Gasteiger partial charge >= 0.3 is 0 Å². The molecule has 0 unspecified atom stereocenters. The van der Waals surface area contributed by atoms with Gasteiger partial charge in [0.1, 0.15) is 12.3 Å². The lowest BCUT2D eigenvalue weighted by Gasteiger charge is -2.22. The minimum absolute atomic E-state index is 0.137. The van der Waals surface area contributed by atoms with E-state index in [4.69, 9.17) is 30.5 Å². The molecule has 0 aliphatic heterocycles. The van der Waals surface area contributed by atoms with Crippen molar-refractivity contribution in [1.82, 2.24) is 14.5 Å². The number of rotatable bonds is 11. The zero-order chi connectivity index (χ0) is 27.9. The third-order valence-corrected chi connectivity index (χ3v) is 6.19. The molecule has 0 fully saturated rings. The summed E-state index contributed by atoms with van der Waals surface area (Å²) in [6.07, 6.45) is 3.67. The van der Waals surface area contributed by atoms with Gasteiger partial charge in [-0.3, -0.25) is 19.5 Å². The highest BCUT2D eigenvalue weighted by molar-refractivity contribution is 6.30. The summed E-state index contributed by atoms with van der Waals surface area (Å²) < 4.78 is 18.0. The number of furan rings is 1. The van der Waals surface area contributed by atoms with Crippen LogP contribution in [-0.2, 0) is 16.1 Å². The van der Waals surface area contributed by atoms with E-state index in [1.54, 1.807) is 61.4 Å². The third kappa shape index (κ3) is 7.00. The summed E-state index contributed by atoms with van der Waals surface area (Å²) in [7, 11) is 3.12. The molecule has 4 rings (SSSR count). The van der Waals surface area contributed by atoms with E-state index in [1.165, 1.54) is 4.90 Å².